The first-order chi connectivity index (χ1) is 28.2. The molecule has 10 nitrogen and oxygen atoms in total. The number of likely N-dealkylation sites (tertiary alicyclic amines) is 2. The second-order valence-corrected chi connectivity index (χ2v) is 16.2. The molecule has 4 heterocycles. The molecule has 4 atom stereocenters. The van der Waals surface area contributed by atoms with Gasteiger partial charge in [0.1, 0.15) is 23.7 Å². The van der Waals surface area contributed by atoms with Crippen LogP contribution in [0.1, 0.15) is 72.6 Å². The molecule has 58 heavy (non-hydrogen) atoms. The molecule has 0 saturated carbocycles. The second-order valence-electron chi connectivity index (χ2n) is 16.2. The van der Waals surface area contributed by atoms with Gasteiger partial charge in [0.25, 0.3) is 0 Å². The molecule has 2 aliphatic rings. The number of likely N-dealkylation sites (N-methyl/N-ethyl adjacent to an activating group) is 2. The minimum Gasteiger partial charge on any atom is -0.340 e. The molecule has 10 heteroatoms. The number of nitrogens with zero attached hydrogens (tertiary/aromatic N) is 6. The van der Waals surface area contributed by atoms with Gasteiger partial charge in [-0.2, -0.15) is 0 Å². The molecule has 7 aromatic rings. The van der Waals surface area contributed by atoms with Crippen molar-refractivity contribution in [3.8, 4) is 22.3 Å². The fourth-order valence-corrected chi connectivity index (χ4v) is 9.12. The fraction of sp³-hybridized carbons (Fsp3) is 0.292. The number of carbonyl (C=O) groups is 2. The zero-order valence-corrected chi connectivity index (χ0v) is 33.6. The van der Waals surface area contributed by atoms with Crippen LogP contribution in [0.4, 0.5) is 0 Å². The molecule has 2 amide bonds. The van der Waals surface area contributed by atoms with E-state index in [1.54, 1.807) is 0 Å². The number of aromatic amines is 2. The van der Waals surface area contributed by atoms with Gasteiger partial charge in [-0.3, -0.25) is 19.4 Å². The van der Waals surface area contributed by atoms with Gasteiger partial charge >= 0.3 is 0 Å². The van der Waals surface area contributed by atoms with Crippen molar-refractivity contribution in [2.75, 3.05) is 41.3 Å². The van der Waals surface area contributed by atoms with E-state index in [-0.39, 0.29) is 36.0 Å². The highest BCUT2D eigenvalue weighted by Gasteiger charge is 2.38. The molecule has 5 aromatic carbocycles. The van der Waals surface area contributed by atoms with Gasteiger partial charge in [-0.15, -0.1) is 0 Å². The average molecular weight is 771 g/mol. The first-order valence-corrected chi connectivity index (χ1v) is 20.4. The number of imidazole rings is 2. The highest BCUT2D eigenvalue weighted by Crippen LogP contribution is 2.38. The van der Waals surface area contributed by atoms with Gasteiger partial charge in [-0.25, -0.2) is 9.97 Å². The Balaban J connectivity index is 0.916. The Hall–Kier alpha value is -6.10. The van der Waals surface area contributed by atoms with E-state index < -0.39 is 0 Å². The third-order valence-corrected chi connectivity index (χ3v) is 12.0. The number of fused-ring (bicyclic) bond motifs is 2. The first kappa shape index (κ1) is 37.5. The Morgan fingerprint density at radius 3 is 1.31 bits per heavy atom. The maximum atomic E-state index is 14.0. The summed E-state index contributed by atoms with van der Waals surface area (Å²) in [6, 6.07) is 40.5. The summed E-state index contributed by atoms with van der Waals surface area (Å²) in [6.07, 6.45) is 3.65. The predicted molar refractivity (Wildman–Crippen MR) is 230 cm³/mol. The molecule has 2 aliphatic heterocycles. The van der Waals surface area contributed by atoms with Crippen LogP contribution in [0.2, 0.25) is 0 Å². The van der Waals surface area contributed by atoms with Crippen LogP contribution in [0.15, 0.2) is 121 Å². The molecule has 2 aromatic heterocycles. The predicted octanol–water partition coefficient (Wildman–Crippen LogP) is 8.71. The van der Waals surface area contributed by atoms with Gasteiger partial charge in [-0.05, 0) is 112 Å². The maximum absolute atomic E-state index is 14.0. The number of hydrogen-bond donors (Lipinski definition) is 2. The van der Waals surface area contributed by atoms with Crippen LogP contribution in [0.5, 0.6) is 0 Å². The minimum atomic E-state index is -0.346. The monoisotopic (exact) mass is 770 g/mol. The smallest absolute Gasteiger partial charge is 0.245 e. The van der Waals surface area contributed by atoms with E-state index in [1.807, 2.05) is 108 Å². The van der Waals surface area contributed by atoms with E-state index in [1.165, 1.54) is 0 Å². The molecule has 0 bridgehead atoms. The molecule has 0 aliphatic carbocycles. The molecule has 2 N–H and O–H groups in total. The van der Waals surface area contributed by atoms with Crippen LogP contribution in [0.25, 0.3) is 44.3 Å². The highest BCUT2D eigenvalue weighted by molar-refractivity contribution is 5.87. The van der Waals surface area contributed by atoms with Gasteiger partial charge in [-0.1, -0.05) is 97.1 Å². The van der Waals surface area contributed by atoms with Crippen molar-refractivity contribution < 1.29 is 9.59 Å². The summed E-state index contributed by atoms with van der Waals surface area (Å²) in [5.74, 6) is 1.90. The normalized spacial score (nSPS) is 18.2. The Morgan fingerprint density at radius 1 is 0.552 bits per heavy atom. The summed E-state index contributed by atoms with van der Waals surface area (Å²) in [5.41, 5.74) is 10.1. The topological polar surface area (TPSA) is 104 Å². The summed E-state index contributed by atoms with van der Waals surface area (Å²) >= 11 is 0. The van der Waals surface area contributed by atoms with Crippen molar-refractivity contribution in [3.05, 3.63) is 144 Å². The summed E-state index contributed by atoms with van der Waals surface area (Å²) in [5, 5.41) is 0. The van der Waals surface area contributed by atoms with Crippen LogP contribution < -0.4 is 0 Å². The van der Waals surface area contributed by atoms with Crippen LogP contribution >= 0.6 is 0 Å². The fourth-order valence-electron chi connectivity index (χ4n) is 9.12. The summed E-state index contributed by atoms with van der Waals surface area (Å²) < 4.78 is 0. The third-order valence-electron chi connectivity index (χ3n) is 12.0. The number of H-pyrrole nitrogens is 2. The lowest BCUT2D eigenvalue weighted by atomic mass is 10.00. The number of aromatic nitrogens is 4. The lowest BCUT2D eigenvalue weighted by Crippen LogP contribution is -2.40. The molecule has 0 spiro atoms. The van der Waals surface area contributed by atoms with E-state index in [0.717, 1.165) is 106 Å². The number of hydrogen-bond acceptors (Lipinski definition) is 6. The summed E-state index contributed by atoms with van der Waals surface area (Å²) in [6.45, 7) is 1.44. The molecular formula is C48H50N8O2. The maximum Gasteiger partial charge on any atom is 0.245 e. The van der Waals surface area contributed by atoms with E-state index in [9.17, 15) is 9.59 Å². The molecule has 2 fully saturated rings. The minimum absolute atomic E-state index is 0.0913. The summed E-state index contributed by atoms with van der Waals surface area (Å²) in [4.78, 5) is 53.3. The van der Waals surface area contributed by atoms with Gasteiger partial charge in [0.05, 0.1) is 34.2 Å². The number of rotatable bonds is 10. The van der Waals surface area contributed by atoms with E-state index >= 15 is 0 Å². The Morgan fingerprint density at radius 2 is 0.931 bits per heavy atom. The van der Waals surface area contributed by atoms with Crippen molar-refractivity contribution in [2.24, 2.45) is 0 Å². The van der Waals surface area contributed by atoms with Crippen molar-refractivity contribution in [1.29, 1.82) is 0 Å². The number of amides is 2. The van der Waals surface area contributed by atoms with E-state index in [2.05, 4.69) is 70.6 Å². The highest BCUT2D eigenvalue weighted by atomic mass is 16.2. The first-order valence-electron chi connectivity index (χ1n) is 20.4. The lowest BCUT2D eigenvalue weighted by molar-refractivity contribution is -0.138. The standard InChI is InChI=1S/C48H50N8O2/c1-53(2)43(33-13-7-5-8-14-33)47(57)55-27-11-17-41(55)45-49-37-25-23-35(29-39(37)51-45)31-19-21-32(22-20-31)36-24-26-38-40(30-36)52-46(50-38)42-18-12-28-56(42)48(58)44(54(3)4)34-15-9-6-10-16-34/h5-10,13-16,19-26,29-30,41-44H,11-12,17-18,27-28H2,1-4H3,(H,49,51)(H,50,52)/t41-,42-,43+,44+/m0/s1. The molecular weight excluding hydrogens is 721 g/mol. The van der Waals surface area contributed by atoms with Crippen molar-refractivity contribution in [1.82, 2.24) is 39.5 Å². The van der Waals surface area contributed by atoms with Crippen molar-refractivity contribution in [3.63, 3.8) is 0 Å². The average Bonchev–Trinajstić information content (AvgIpc) is 4.07. The zero-order valence-electron chi connectivity index (χ0n) is 33.6. The Bertz CT molecular complexity index is 2380. The molecule has 2 saturated heterocycles. The molecule has 0 radical (unpaired) electrons. The molecule has 294 valence electrons. The number of nitrogens with one attached hydrogen (secondary N) is 2. The van der Waals surface area contributed by atoms with Crippen LogP contribution in [-0.4, -0.2) is 92.6 Å². The van der Waals surface area contributed by atoms with Crippen molar-refractivity contribution >= 4 is 33.9 Å². The van der Waals surface area contributed by atoms with Gasteiger partial charge in [0.15, 0.2) is 0 Å². The quantitative estimate of drug-likeness (QED) is 0.144. The van der Waals surface area contributed by atoms with E-state index in [0.29, 0.717) is 0 Å². The van der Waals surface area contributed by atoms with Crippen LogP contribution in [-0.2, 0) is 9.59 Å². The largest absolute Gasteiger partial charge is 0.340 e. The van der Waals surface area contributed by atoms with Crippen LogP contribution in [0.3, 0.4) is 0 Å². The summed E-state index contributed by atoms with van der Waals surface area (Å²) in [7, 11) is 7.86. The van der Waals surface area contributed by atoms with Gasteiger partial charge in [0.2, 0.25) is 11.8 Å². The molecule has 9 rings (SSSR count). The Kier molecular flexibility index (Phi) is 10.1. The number of carbonyl (C=O) groups excluding carboxylic acids is 2. The van der Waals surface area contributed by atoms with E-state index in [4.69, 9.17) is 9.97 Å². The third kappa shape index (κ3) is 7.07. The van der Waals surface area contributed by atoms with Gasteiger partial charge in [0, 0.05) is 13.1 Å². The number of benzene rings is 5. The van der Waals surface area contributed by atoms with Gasteiger partial charge < -0.3 is 19.8 Å². The van der Waals surface area contributed by atoms with Crippen LogP contribution in [0, 0.1) is 0 Å². The second kappa shape index (κ2) is 15.7. The Labute approximate surface area is 339 Å². The molecule has 0 unspecified atom stereocenters. The zero-order chi connectivity index (χ0) is 39.9. The lowest BCUT2D eigenvalue weighted by Gasteiger charge is -2.31. The van der Waals surface area contributed by atoms with Crippen molar-refractivity contribution in [2.45, 2.75) is 49.9 Å². The SMILES string of the molecule is CN(C)[C@@H](C(=O)N1CCC[C@H]1c1nc2cc(-c3ccc(-c4ccc5[nH]c([C@@H]6CCCN6C(=O)[C@@H](c6ccccc6)N(C)C)nc5c4)cc3)ccc2[nH]1)c1ccccc1.